The average molecular weight is 311 g/mol. The molecule has 4 heteroatoms. The SMILES string of the molecule is C[C@](Cc1ccccc1)(NC(=O)CCc1ccccc1)C(=O)O. The van der Waals surface area contributed by atoms with Crippen molar-refractivity contribution in [2.75, 3.05) is 0 Å². The van der Waals surface area contributed by atoms with Crippen LogP contribution >= 0.6 is 0 Å². The number of benzene rings is 2. The van der Waals surface area contributed by atoms with E-state index in [1.54, 1.807) is 6.92 Å². The van der Waals surface area contributed by atoms with Crippen LogP contribution in [0.4, 0.5) is 0 Å². The van der Waals surface area contributed by atoms with E-state index >= 15 is 0 Å². The number of carboxylic acid groups (broad SMARTS) is 1. The Kier molecular flexibility index (Phi) is 5.52. The van der Waals surface area contributed by atoms with Crippen LogP contribution in [0.15, 0.2) is 60.7 Å². The van der Waals surface area contributed by atoms with Crippen molar-refractivity contribution in [3.8, 4) is 0 Å². The maximum Gasteiger partial charge on any atom is 0.329 e. The van der Waals surface area contributed by atoms with Crippen LogP contribution in [0.5, 0.6) is 0 Å². The van der Waals surface area contributed by atoms with Gasteiger partial charge in [0, 0.05) is 12.8 Å². The maximum atomic E-state index is 12.2. The van der Waals surface area contributed by atoms with E-state index in [0.717, 1.165) is 11.1 Å². The minimum atomic E-state index is -1.31. The Hall–Kier alpha value is -2.62. The van der Waals surface area contributed by atoms with Gasteiger partial charge in [0.2, 0.25) is 5.91 Å². The number of carbonyl (C=O) groups is 2. The Morgan fingerprint density at radius 2 is 1.48 bits per heavy atom. The highest BCUT2D eigenvalue weighted by Crippen LogP contribution is 2.14. The summed E-state index contributed by atoms with van der Waals surface area (Å²) < 4.78 is 0. The van der Waals surface area contributed by atoms with E-state index in [1.807, 2.05) is 60.7 Å². The smallest absolute Gasteiger partial charge is 0.329 e. The van der Waals surface area contributed by atoms with E-state index in [0.29, 0.717) is 6.42 Å². The molecule has 0 saturated carbocycles. The highest BCUT2D eigenvalue weighted by Gasteiger charge is 2.34. The number of nitrogens with one attached hydrogen (secondary N) is 1. The number of hydrogen-bond acceptors (Lipinski definition) is 2. The summed E-state index contributed by atoms with van der Waals surface area (Å²) in [6, 6.07) is 19.0. The van der Waals surface area contributed by atoms with Gasteiger partial charge in [-0.2, -0.15) is 0 Å². The fraction of sp³-hybridized carbons (Fsp3) is 0.263. The van der Waals surface area contributed by atoms with Crippen molar-refractivity contribution >= 4 is 11.9 Å². The minimum Gasteiger partial charge on any atom is -0.480 e. The van der Waals surface area contributed by atoms with E-state index < -0.39 is 11.5 Å². The fourth-order valence-electron chi connectivity index (χ4n) is 2.45. The molecule has 2 rings (SSSR count). The summed E-state index contributed by atoms with van der Waals surface area (Å²) in [5, 5.41) is 12.2. The summed E-state index contributed by atoms with van der Waals surface area (Å²) in [4.78, 5) is 23.8. The lowest BCUT2D eigenvalue weighted by molar-refractivity contribution is -0.146. The highest BCUT2D eigenvalue weighted by molar-refractivity contribution is 5.87. The molecule has 2 aromatic rings. The number of amides is 1. The quantitative estimate of drug-likeness (QED) is 0.826. The van der Waals surface area contributed by atoms with Crippen molar-refractivity contribution < 1.29 is 14.7 Å². The van der Waals surface area contributed by atoms with Crippen molar-refractivity contribution in [2.45, 2.75) is 31.7 Å². The zero-order chi connectivity index (χ0) is 16.7. The predicted octanol–water partition coefficient (Wildman–Crippen LogP) is 2.82. The third-order valence-corrected chi connectivity index (χ3v) is 3.77. The van der Waals surface area contributed by atoms with Crippen molar-refractivity contribution in [1.29, 1.82) is 0 Å². The second-order valence-corrected chi connectivity index (χ2v) is 5.83. The van der Waals surface area contributed by atoms with Gasteiger partial charge in [0.1, 0.15) is 5.54 Å². The first kappa shape index (κ1) is 16.7. The molecule has 0 radical (unpaired) electrons. The predicted molar refractivity (Wildman–Crippen MR) is 89.1 cm³/mol. The Morgan fingerprint density at radius 1 is 0.957 bits per heavy atom. The summed E-state index contributed by atoms with van der Waals surface area (Å²) in [6.07, 6.45) is 1.11. The molecule has 120 valence electrons. The molecule has 0 saturated heterocycles. The standard InChI is InChI=1S/C19H21NO3/c1-19(18(22)23,14-16-10-6-3-7-11-16)20-17(21)13-12-15-8-4-2-5-9-15/h2-11H,12-14H2,1H3,(H,20,21)(H,22,23)/t19-/m1/s1. The van der Waals surface area contributed by atoms with Crippen LogP contribution in [0.2, 0.25) is 0 Å². The van der Waals surface area contributed by atoms with Crippen LogP contribution in [0.3, 0.4) is 0 Å². The van der Waals surface area contributed by atoms with Gasteiger partial charge in [-0.15, -0.1) is 0 Å². The molecule has 0 fully saturated rings. The van der Waals surface area contributed by atoms with Gasteiger partial charge in [0.25, 0.3) is 0 Å². The average Bonchev–Trinajstić information content (AvgIpc) is 2.54. The largest absolute Gasteiger partial charge is 0.480 e. The molecule has 4 nitrogen and oxygen atoms in total. The second-order valence-electron chi connectivity index (χ2n) is 5.83. The molecular weight excluding hydrogens is 290 g/mol. The van der Waals surface area contributed by atoms with Gasteiger partial charge in [0.15, 0.2) is 0 Å². The molecule has 0 heterocycles. The number of rotatable bonds is 7. The monoisotopic (exact) mass is 311 g/mol. The number of carboxylic acids is 1. The molecule has 0 unspecified atom stereocenters. The Bertz CT molecular complexity index is 655. The van der Waals surface area contributed by atoms with E-state index in [-0.39, 0.29) is 18.7 Å². The molecule has 23 heavy (non-hydrogen) atoms. The van der Waals surface area contributed by atoms with Crippen LogP contribution in [0.25, 0.3) is 0 Å². The maximum absolute atomic E-state index is 12.2. The summed E-state index contributed by atoms with van der Waals surface area (Å²) in [5.41, 5.74) is 0.623. The number of aryl methyl sites for hydroxylation is 1. The molecule has 1 atom stereocenters. The van der Waals surface area contributed by atoms with Gasteiger partial charge in [-0.25, -0.2) is 4.79 Å². The molecule has 0 bridgehead atoms. The second kappa shape index (κ2) is 7.58. The van der Waals surface area contributed by atoms with Crippen molar-refractivity contribution in [2.24, 2.45) is 0 Å². The normalized spacial score (nSPS) is 13.1. The summed E-state index contributed by atoms with van der Waals surface area (Å²) in [7, 11) is 0. The Balaban J connectivity index is 1.98. The first-order chi connectivity index (χ1) is 11.0. The van der Waals surface area contributed by atoms with Crippen LogP contribution < -0.4 is 5.32 Å². The van der Waals surface area contributed by atoms with Gasteiger partial charge in [-0.05, 0) is 24.5 Å². The Morgan fingerprint density at radius 3 is 2.00 bits per heavy atom. The lowest BCUT2D eigenvalue weighted by atomic mass is 9.92. The lowest BCUT2D eigenvalue weighted by Crippen LogP contribution is -2.53. The third-order valence-electron chi connectivity index (χ3n) is 3.77. The molecule has 2 aromatic carbocycles. The van der Waals surface area contributed by atoms with Gasteiger partial charge in [-0.1, -0.05) is 60.7 Å². The van der Waals surface area contributed by atoms with E-state index in [4.69, 9.17) is 0 Å². The van der Waals surface area contributed by atoms with Crippen molar-refractivity contribution in [3.05, 3.63) is 71.8 Å². The molecule has 0 aliphatic rings. The minimum absolute atomic E-state index is 0.250. The molecular formula is C19H21NO3. The fourth-order valence-corrected chi connectivity index (χ4v) is 2.45. The summed E-state index contributed by atoms with van der Waals surface area (Å²) >= 11 is 0. The molecule has 0 spiro atoms. The third kappa shape index (κ3) is 4.95. The highest BCUT2D eigenvalue weighted by atomic mass is 16.4. The first-order valence-corrected chi connectivity index (χ1v) is 7.62. The van der Waals surface area contributed by atoms with Gasteiger partial charge < -0.3 is 10.4 Å². The van der Waals surface area contributed by atoms with Gasteiger partial charge in [0.05, 0.1) is 0 Å². The van der Waals surface area contributed by atoms with Crippen molar-refractivity contribution in [1.82, 2.24) is 5.32 Å². The van der Waals surface area contributed by atoms with Crippen LogP contribution in [-0.2, 0) is 22.4 Å². The lowest BCUT2D eigenvalue weighted by Gasteiger charge is -2.26. The molecule has 2 N–H and O–H groups in total. The topological polar surface area (TPSA) is 66.4 Å². The van der Waals surface area contributed by atoms with E-state index in [2.05, 4.69) is 5.32 Å². The number of aliphatic carboxylic acids is 1. The van der Waals surface area contributed by atoms with Crippen molar-refractivity contribution in [3.63, 3.8) is 0 Å². The van der Waals surface area contributed by atoms with E-state index in [1.165, 1.54) is 0 Å². The molecule has 0 aromatic heterocycles. The zero-order valence-electron chi connectivity index (χ0n) is 13.2. The molecule has 0 aliphatic heterocycles. The number of carbonyl (C=O) groups excluding carboxylic acids is 1. The van der Waals surface area contributed by atoms with Crippen LogP contribution in [0, 0.1) is 0 Å². The van der Waals surface area contributed by atoms with Crippen LogP contribution in [0.1, 0.15) is 24.5 Å². The number of hydrogen-bond donors (Lipinski definition) is 2. The van der Waals surface area contributed by atoms with E-state index in [9.17, 15) is 14.7 Å². The Labute approximate surface area is 136 Å². The summed E-state index contributed by atoms with van der Waals surface area (Å²) in [5.74, 6) is -1.29. The molecule has 0 aliphatic carbocycles. The van der Waals surface area contributed by atoms with Gasteiger partial charge in [-0.3, -0.25) is 4.79 Å². The van der Waals surface area contributed by atoms with Gasteiger partial charge >= 0.3 is 5.97 Å². The molecule has 1 amide bonds. The summed E-state index contributed by atoms with van der Waals surface area (Å²) in [6.45, 7) is 1.54. The first-order valence-electron chi connectivity index (χ1n) is 7.62. The van der Waals surface area contributed by atoms with Crippen LogP contribution in [-0.4, -0.2) is 22.5 Å². The zero-order valence-corrected chi connectivity index (χ0v) is 13.2.